The van der Waals surface area contributed by atoms with Crippen LogP contribution in [-0.4, -0.2) is 43.0 Å². The lowest BCUT2D eigenvalue weighted by atomic mass is 10.2. The first-order valence-corrected chi connectivity index (χ1v) is 7.84. The molecule has 0 saturated heterocycles. The van der Waals surface area contributed by atoms with Crippen LogP contribution >= 0.6 is 11.6 Å². The van der Waals surface area contributed by atoms with Crippen molar-refractivity contribution in [2.75, 3.05) is 32.5 Å². The zero-order valence-corrected chi connectivity index (χ0v) is 14.1. The maximum Gasteiger partial charge on any atom is 0.269 e. The van der Waals surface area contributed by atoms with Gasteiger partial charge in [-0.05, 0) is 51.3 Å². The number of carbonyl (C=O) groups is 1. The molecule has 122 valence electrons. The second-order valence-electron chi connectivity index (χ2n) is 5.45. The number of amides is 1. The molecule has 2 N–H and O–H groups in total. The molecule has 0 radical (unpaired) electrons. The van der Waals surface area contributed by atoms with Crippen LogP contribution in [0.15, 0.2) is 42.6 Å². The zero-order chi connectivity index (χ0) is 16.7. The summed E-state index contributed by atoms with van der Waals surface area (Å²) in [5, 5.41) is 6.67. The molecule has 1 aromatic heterocycles. The van der Waals surface area contributed by atoms with Crippen LogP contribution in [0, 0.1) is 0 Å². The van der Waals surface area contributed by atoms with Gasteiger partial charge in [0.05, 0.1) is 22.6 Å². The van der Waals surface area contributed by atoms with E-state index in [1.54, 1.807) is 12.3 Å². The molecule has 5 nitrogen and oxygen atoms in total. The number of anilines is 2. The fourth-order valence-corrected chi connectivity index (χ4v) is 2.19. The average Bonchev–Trinajstić information content (AvgIpc) is 2.54. The van der Waals surface area contributed by atoms with E-state index in [9.17, 15) is 4.79 Å². The molecule has 1 aromatic carbocycles. The van der Waals surface area contributed by atoms with Crippen molar-refractivity contribution < 1.29 is 4.79 Å². The monoisotopic (exact) mass is 332 g/mol. The van der Waals surface area contributed by atoms with E-state index < -0.39 is 0 Å². The van der Waals surface area contributed by atoms with Gasteiger partial charge in [0.15, 0.2) is 0 Å². The van der Waals surface area contributed by atoms with E-state index in [2.05, 4.69) is 20.5 Å². The van der Waals surface area contributed by atoms with Crippen molar-refractivity contribution in [3.05, 3.63) is 53.3 Å². The van der Waals surface area contributed by atoms with Gasteiger partial charge in [-0.1, -0.05) is 23.7 Å². The zero-order valence-electron chi connectivity index (χ0n) is 13.3. The summed E-state index contributed by atoms with van der Waals surface area (Å²) in [6.07, 6.45) is 2.53. The summed E-state index contributed by atoms with van der Waals surface area (Å²) in [6.45, 7) is 1.58. The van der Waals surface area contributed by atoms with Crippen molar-refractivity contribution in [2.24, 2.45) is 0 Å². The summed E-state index contributed by atoms with van der Waals surface area (Å²) in [7, 11) is 4.02. The number of aromatic nitrogens is 1. The number of halogens is 1. The van der Waals surface area contributed by atoms with Crippen LogP contribution in [-0.2, 0) is 0 Å². The van der Waals surface area contributed by atoms with E-state index in [1.807, 2.05) is 44.4 Å². The van der Waals surface area contributed by atoms with Crippen molar-refractivity contribution in [3.63, 3.8) is 0 Å². The molecule has 0 aliphatic carbocycles. The minimum atomic E-state index is -0.159. The van der Waals surface area contributed by atoms with Crippen LogP contribution in [0.25, 0.3) is 0 Å². The van der Waals surface area contributed by atoms with E-state index in [-0.39, 0.29) is 5.91 Å². The highest BCUT2D eigenvalue weighted by Crippen LogP contribution is 2.24. The average molecular weight is 333 g/mol. The Kier molecular flexibility index (Phi) is 6.38. The summed E-state index contributed by atoms with van der Waals surface area (Å²) in [4.78, 5) is 18.3. The number of nitrogens with zero attached hydrogens (tertiary/aromatic N) is 2. The quantitative estimate of drug-likeness (QED) is 0.765. The number of rotatable bonds is 7. The Labute approximate surface area is 141 Å². The van der Waals surface area contributed by atoms with Crippen LogP contribution in [0.4, 0.5) is 11.4 Å². The molecule has 0 bridgehead atoms. The minimum Gasteiger partial charge on any atom is -0.353 e. The first-order chi connectivity index (χ1) is 11.1. The van der Waals surface area contributed by atoms with Gasteiger partial charge in [-0.3, -0.25) is 4.79 Å². The van der Waals surface area contributed by atoms with Gasteiger partial charge >= 0.3 is 0 Å². The lowest BCUT2D eigenvalue weighted by Crippen LogP contribution is -2.27. The second kappa shape index (κ2) is 8.50. The molecular formula is C17H21ClN4O. The standard InChI is InChI=1S/C17H21ClN4O/c1-22(2)11-5-10-19-17(23)16-9-8-13(12-20-16)21-15-7-4-3-6-14(15)18/h3-4,6-9,12,21H,5,10-11H2,1-2H3,(H,19,23). The largest absolute Gasteiger partial charge is 0.353 e. The molecule has 6 heteroatoms. The third kappa shape index (κ3) is 5.54. The molecular weight excluding hydrogens is 312 g/mol. The van der Waals surface area contributed by atoms with Crippen LogP contribution < -0.4 is 10.6 Å². The van der Waals surface area contributed by atoms with E-state index in [0.717, 1.165) is 24.3 Å². The Bertz CT molecular complexity index is 643. The predicted molar refractivity (Wildman–Crippen MR) is 94.5 cm³/mol. The molecule has 0 spiro atoms. The normalized spacial score (nSPS) is 10.6. The summed E-state index contributed by atoms with van der Waals surface area (Å²) >= 11 is 6.10. The first-order valence-electron chi connectivity index (χ1n) is 7.47. The third-order valence-corrected chi connectivity index (χ3v) is 3.55. The number of hydrogen-bond donors (Lipinski definition) is 2. The first kappa shape index (κ1) is 17.2. The lowest BCUT2D eigenvalue weighted by Gasteiger charge is -2.10. The lowest BCUT2D eigenvalue weighted by molar-refractivity contribution is 0.0947. The molecule has 0 fully saturated rings. The van der Waals surface area contributed by atoms with Gasteiger partial charge < -0.3 is 15.5 Å². The van der Waals surface area contributed by atoms with Crippen LogP contribution in [0.5, 0.6) is 0 Å². The topological polar surface area (TPSA) is 57.3 Å². The van der Waals surface area contributed by atoms with Crippen molar-refractivity contribution in [1.82, 2.24) is 15.2 Å². The fourth-order valence-electron chi connectivity index (χ4n) is 2.01. The van der Waals surface area contributed by atoms with E-state index in [0.29, 0.717) is 17.3 Å². The van der Waals surface area contributed by atoms with Crippen LogP contribution in [0.3, 0.4) is 0 Å². The number of para-hydroxylation sites is 1. The molecule has 0 saturated carbocycles. The molecule has 2 rings (SSSR count). The van der Waals surface area contributed by atoms with Gasteiger partial charge in [0.25, 0.3) is 5.91 Å². The van der Waals surface area contributed by atoms with Crippen molar-refractivity contribution in [1.29, 1.82) is 0 Å². The second-order valence-corrected chi connectivity index (χ2v) is 5.86. The molecule has 23 heavy (non-hydrogen) atoms. The Morgan fingerprint density at radius 1 is 1.22 bits per heavy atom. The Morgan fingerprint density at radius 3 is 2.65 bits per heavy atom. The van der Waals surface area contributed by atoms with Crippen LogP contribution in [0.1, 0.15) is 16.9 Å². The summed E-state index contributed by atoms with van der Waals surface area (Å²) < 4.78 is 0. The van der Waals surface area contributed by atoms with E-state index in [4.69, 9.17) is 11.6 Å². The fraction of sp³-hybridized carbons (Fsp3) is 0.294. The van der Waals surface area contributed by atoms with Crippen molar-refractivity contribution in [2.45, 2.75) is 6.42 Å². The highest BCUT2D eigenvalue weighted by molar-refractivity contribution is 6.33. The molecule has 0 aliphatic heterocycles. The van der Waals surface area contributed by atoms with E-state index >= 15 is 0 Å². The number of carbonyl (C=O) groups excluding carboxylic acids is 1. The number of pyridine rings is 1. The number of nitrogens with one attached hydrogen (secondary N) is 2. The van der Waals surface area contributed by atoms with Gasteiger partial charge in [-0.15, -0.1) is 0 Å². The van der Waals surface area contributed by atoms with Crippen molar-refractivity contribution >= 4 is 28.9 Å². The molecule has 0 atom stereocenters. The van der Waals surface area contributed by atoms with Gasteiger partial charge in [0.1, 0.15) is 5.69 Å². The molecule has 0 unspecified atom stereocenters. The summed E-state index contributed by atoms with van der Waals surface area (Å²) in [5.41, 5.74) is 1.98. The SMILES string of the molecule is CN(C)CCCNC(=O)c1ccc(Nc2ccccc2Cl)cn1. The number of hydrogen-bond acceptors (Lipinski definition) is 4. The van der Waals surface area contributed by atoms with Gasteiger partial charge in [-0.2, -0.15) is 0 Å². The van der Waals surface area contributed by atoms with Crippen LogP contribution in [0.2, 0.25) is 5.02 Å². The van der Waals surface area contributed by atoms with Crippen molar-refractivity contribution in [3.8, 4) is 0 Å². The van der Waals surface area contributed by atoms with Gasteiger partial charge in [-0.25, -0.2) is 4.98 Å². The Morgan fingerprint density at radius 2 is 2.00 bits per heavy atom. The minimum absolute atomic E-state index is 0.159. The highest BCUT2D eigenvalue weighted by Gasteiger charge is 2.07. The third-order valence-electron chi connectivity index (χ3n) is 3.22. The summed E-state index contributed by atoms with van der Waals surface area (Å²) in [6, 6.07) is 11.0. The van der Waals surface area contributed by atoms with E-state index in [1.165, 1.54) is 0 Å². The Balaban J connectivity index is 1.89. The summed E-state index contributed by atoms with van der Waals surface area (Å²) in [5.74, 6) is -0.159. The maximum absolute atomic E-state index is 12.0. The molecule has 2 aromatic rings. The van der Waals surface area contributed by atoms with Gasteiger partial charge in [0.2, 0.25) is 0 Å². The highest BCUT2D eigenvalue weighted by atomic mass is 35.5. The molecule has 0 aliphatic rings. The Hall–Kier alpha value is -2.11. The maximum atomic E-state index is 12.0. The smallest absolute Gasteiger partial charge is 0.269 e. The predicted octanol–water partition coefficient (Wildman–Crippen LogP) is 3.16. The molecule has 1 amide bonds. The number of benzene rings is 1. The van der Waals surface area contributed by atoms with Gasteiger partial charge in [0, 0.05) is 6.54 Å². The molecule has 1 heterocycles.